The van der Waals surface area contributed by atoms with Gasteiger partial charge in [-0.2, -0.15) is 0 Å². The lowest BCUT2D eigenvalue weighted by Gasteiger charge is -2.10. The van der Waals surface area contributed by atoms with Crippen molar-refractivity contribution < 1.29 is 4.74 Å². The van der Waals surface area contributed by atoms with Crippen molar-refractivity contribution in [3.05, 3.63) is 47.5 Å². The number of hydrogen-bond donors (Lipinski definition) is 0. The Morgan fingerprint density at radius 2 is 1.76 bits per heavy atom. The zero-order valence-corrected chi connectivity index (χ0v) is 11.0. The van der Waals surface area contributed by atoms with E-state index in [1.165, 1.54) is 5.56 Å². The predicted octanol–water partition coefficient (Wildman–Crippen LogP) is 3.72. The highest BCUT2D eigenvalue weighted by Gasteiger charge is 1.98. The SMILES string of the molecule is Cc1ccc(C#C/C=C/C(C)OC(C)C)cc1. The molecule has 1 heteroatoms. The summed E-state index contributed by atoms with van der Waals surface area (Å²) in [4.78, 5) is 0. The van der Waals surface area contributed by atoms with E-state index in [2.05, 4.69) is 30.9 Å². The Morgan fingerprint density at radius 3 is 2.35 bits per heavy atom. The third-order valence-electron chi connectivity index (χ3n) is 2.21. The molecule has 1 atom stereocenters. The van der Waals surface area contributed by atoms with Gasteiger partial charge in [0.1, 0.15) is 0 Å². The van der Waals surface area contributed by atoms with Crippen LogP contribution in [0.15, 0.2) is 36.4 Å². The zero-order chi connectivity index (χ0) is 12.7. The molecule has 1 nitrogen and oxygen atoms in total. The Bertz CT molecular complexity index is 415. The third-order valence-corrected chi connectivity index (χ3v) is 2.21. The second-order valence-electron chi connectivity index (χ2n) is 4.38. The van der Waals surface area contributed by atoms with Crippen molar-refractivity contribution in [2.24, 2.45) is 0 Å². The Kier molecular flexibility index (Phi) is 5.52. The van der Waals surface area contributed by atoms with Crippen LogP contribution in [0.3, 0.4) is 0 Å². The van der Waals surface area contributed by atoms with Crippen LogP contribution in [0.4, 0.5) is 0 Å². The molecule has 0 saturated carbocycles. The summed E-state index contributed by atoms with van der Waals surface area (Å²) in [5, 5.41) is 0. The molecule has 0 aliphatic heterocycles. The average Bonchev–Trinajstić information content (AvgIpc) is 2.26. The summed E-state index contributed by atoms with van der Waals surface area (Å²) in [6.07, 6.45) is 4.19. The van der Waals surface area contributed by atoms with E-state index in [9.17, 15) is 0 Å². The summed E-state index contributed by atoms with van der Waals surface area (Å²) in [6.45, 7) is 8.15. The van der Waals surface area contributed by atoms with E-state index in [0.717, 1.165) is 5.56 Å². The lowest BCUT2D eigenvalue weighted by Crippen LogP contribution is -2.11. The first-order valence-corrected chi connectivity index (χ1v) is 5.98. The second-order valence-corrected chi connectivity index (χ2v) is 4.38. The molecular weight excluding hydrogens is 208 g/mol. The summed E-state index contributed by atoms with van der Waals surface area (Å²) in [6, 6.07) is 8.20. The van der Waals surface area contributed by atoms with Gasteiger partial charge in [0.15, 0.2) is 0 Å². The first-order chi connectivity index (χ1) is 8.08. The smallest absolute Gasteiger partial charge is 0.0740 e. The molecule has 0 aliphatic carbocycles. The van der Waals surface area contributed by atoms with Crippen molar-refractivity contribution in [3.63, 3.8) is 0 Å². The van der Waals surface area contributed by atoms with Crippen LogP contribution in [0.25, 0.3) is 0 Å². The normalized spacial score (nSPS) is 12.5. The Labute approximate surface area is 105 Å². The molecule has 0 spiro atoms. The van der Waals surface area contributed by atoms with Gasteiger partial charge in [-0.3, -0.25) is 0 Å². The molecule has 1 aromatic carbocycles. The number of hydrogen-bond acceptors (Lipinski definition) is 1. The molecule has 0 saturated heterocycles. The highest BCUT2D eigenvalue weighted by Crippen LogP contribution is 2.01. The van der Waals surface area contributed by atoms with E-state index < -0.39 is 0 Å². The van der Waals surface area contributed by atoms with Crippen molar-refractivity contribution in [2.75, 3.05) is 0 Å². The third kappa shape index (κ3) is 5.94. The van der Waals surface area contributed by atoms with E-state index in [0.29, 0.717) is 0 Å². The maximum absolute atomic E-state index is 5.56. The van der Waals surface area contributed by atoms with E-state index in [1.807, 2.05) is 45.1 Å². The maximum Gasteiger partial charge on any atom is 0.0740 e. The summed E-state index contributed by atoms with van der Waals surface area (Å²) in [7, 11) is 0. The van der Waals surface area contributed by atoms with Crippen LogP contribution in [-0.2, 0) is 4.74 Å². The monoisotopic (exact) mass is 228 g/mol. The number of allylic oxidation sites excluding steroid dienone is 1. The van der Waals surface area contributed by atoms with E-state index >= 15 is 0 Å². The Hall–Kier alpha value is -1.52. The number of benzene rings is 1. The van der Waals surface area contributed by atoms with Crippen LogP contribution in [0.1, 0.15) is 31.9 Å². The lowest BCUT2D eigenvalue weighted by atomic mass is 10.1. The van der Waals surface area contributed by atoms with E-state index in [-0.39, 0.29) is 12.2 Å². The lowest BCUT2D eigenvalue weighted by molar-refractivity contribution is 0.0461. The van der Waals surface area contributed by atoms with Gasteiger partial charge in [-0.25, -0.2) is 0 Å². The minimum absolute atomic E-state index is 0.113. The zero-order valence-electron chi connectivity index (χ0n) is 11.0. The van der Waals surface area contributed by atoms with E-state index in [1.54, 1.807) is 0 Å². The van der Waals surface area contributed by atoms with Crippen LogP contribution in [0.5, 0.6) is 0 Å². The maximum atomic E-state index is 5.56. The first kappa shape index (κ1) is 13.5. The van der Waals surface area contributed by atoms with Crippen molar-refractivity contribution >= 4 is 0 Å². The molecule has 1 aromatic rings. The summed E-state index contributed by atoms with van der Waals surface area (Å²) in [5.41, 5.74) is 2.29. The van der Waals surface area contributed by atoms with Gasteiger partial charge in [-0.15, -0.1) is 0 Å². The fourth-order valence-corrected chi connectivity index (χ4v) is 1.42. The van der Waals surface area contributed by atoms with E-state index in [4.69, 9.17) is 4.74 Å². The molecule has 0 radical (unpaired) electrons. The van der Waals surface area contributed by atoms with Gasteiger partial charge in [0.25, 0.3) is 0 Å². The minimum atomic E-state index is 0.113. The Morgan fingerprint density at radius 1 is 1.12 bits per heavy atom. The van der Waals surface area contributed by atoms with Crippen molar-refractivity contribution in [2.45, 2.75) is 39.9 Å². The molecule has 0 heterocycles. The molecule has 90 valence electrons. The number of rotatable bonds is 3. The molecule has 17 heavy (non-hydrogen) atoms. The van der Waals surface area contributed by atoms with Crippen molar-refractivity contribution in [1.82, 2.24) is 0 Å². The molecule has 0 aliphatic rings. The van der Waals surface area contributed by atoms with Crippen LogP contribution in [0.2, 0.25) is 0 Å². The average molecular weight is 228 g/mol. The quantitative estimate of drug-likeness (QED) is 0.716. The Balaban J connectivity index is 2.50. The minimum Gasteiger partial charge on any atom is -0.372 e. The highest BCUT2D eigenvalue weighted by molar-refractivity contribution is 5.38. The first-order valence-electron chi connectivity index (χ1n) is 5.98. The van der Waals surface area contributed by atoms with Crippen LogP contribution in [-0.4, -0.2) is 12.2 Å². The molecule has 1 unspecified atom stereocenters. The summed E-state index contributed by atoms with van der Waals surface area (Å²) >= 11 is 0. The molecule has 0 N–H and O–H groups in total. The van der Waals surface area contributed by atoms with Gasteiger partial charge in [-0.05, 0) is 52.0 Å². The summed E-state index contributed by atoms with van der Waals surface area (Å²) < 4.78 is 5.56. The fourth-order valence-electron chi connectivity index (χ4n) is 1.42. The van der Waals surface area contributed by atoms with Gasteiger partial charge < -0.3 is 4.74 Å². The van der Waals surface area contributed by atoms with Crippen LogP contribution in [0, 0.1) is 18.8 Å². The fraction of sp³-hybridized carbons (Fsp3) is 0.375. The van der Waals surface area contributed by atoms with Gasteiger partial charge in [0.2, 0.25) is 0 Å². The predicted molar refractivity (Wildman–Crippen MR) is 72.9 cm³/mol. The molecule has 0 aromatic heterocycles. The van der Waals surface area contributed by atoms with Gasteiger partial charge in [0, 0.05) is 5.56 Å². The molecular formula is C16H20O. The van der Waals surface area contributed by atoms with Crippen molar-refractivity contribution in [1.29, 1.82) is 0 Å². The van der Waals surface area contributed by atoms with Crippen molar-refractivity contribution in [3.8, 4) is 11.8 Å². The summed E-state index contributed by atoms with van der Waals surface area (Å²) in [5.74, 6) is 6.10. The molecule has 0 amide bonds. The van der Waals surface area contributed by atoms with Crippen LogP contribution >= 0.6 is 0 Å². The van der Waals surface area contributed by atoms with Crippen LogP contribution < -0.4 is 0 Å². The topological polar surface area (TPSA) is 9.23 Å². The molecule has 1 rings (SSSR count). The largest absolute Gasteiger partial charge is 0.372 e. The highest BCUT2D eigenvalue weighted by atomic mass is 16.5. The number of ether oxygens (including phenoxy) is 1. The molecule has 0 fully saturated rings. The molecule has 0 bridgehead atoms. The standard InChI is InChI=1S/C16H20O/c1-13(2)17-15(4)7-5-6-8-16-11-9-14(3)10-12-16/h5,7,9-13,15H,1-4H3/b7-5+. The second kappa shape index (κ2) is 6.93. The van der Waals surface area contributed by atoms with Gasteiger partial charge in [0.05, 0.1) is 12.2 Å². The van der Waals surface area contributed by atoms with Gasteiger partial charge >= 0.3 is 0 Å². The number of aryl methyl sites for hydroxylation is 1. The van der Waals surface area contributed by atoms with Gasteiger partial charge in [-0.1, -0.05) is 29.5 Å².